The van der Waals surface area contributed by atoms with E-state index in [1.807, 2.05) is 23.2 Å². The van der Waals surface area contributed by atoms with Gasteiger partial charge in [0.05, 0.1) is 16.7 Å². The second kappa shape index (κ2) is 14.4. The maximum absolute atomic E-state index is 6.20. The number of hydrogen-bond donors (Lipinski definition) is 0. The second-order valence-electron chi connectivity index (χ2n) is 13.2. The van der Waals surface area contributed by atoms with Gasteiger partial charge in [0.25, 0.3) is 0 Å². The first-order valence-corrected chi connectivity index (χ1v) is 20.5. The van der Waals surface area contributed by atoms with Gasteiger partial charge in [0.15, 0.2) is 0 Å². The molecule has 0 N–H and O–H groups in total. The Morgan fingerprint density at radius 3 is 2.60 bits per heavy atom. The maximum atomic E-state index is 6.20. The van der Waals surface area contributed by atoms with Gasteiger partial charge in [0.1, 0.15) is 17.6 Å². The first-order chi connectivity index (χ1) is 20.7. The molecular formula is C32H48N8OSSi. The summed E-state index contributed by atoms with van der Waals surface area (Å²) in [6, 6.07) is 7.31. The van der Waals surface area contributed by atoms with Crippen LogP contribution in [0.2, 0.25) is 25.7 Å². The zero-order valence-electron chi connectivity index (χ0n) is 26.8. The van der Waals surface area contributed by atoms with Crippen LogP contribution >= 0.6 is 11.3 Å². The van der Waals surface area contributed by atoms with E-state index in [-0.39, 0.29) is 0 Å². The first kappa shape index (κ1) is 31.7. The maximum Gasteiger partial charge on any atom is 0.215 e. The molecule has 4 aromatic heterocycles. The lowest BCUT2D eigenvalue weighted by Crippen LogP contribution is -2.26. The highest BCUT2D eigenvalue weighted by Crippen LogP contribution is 2.32. The second-order valence-corrected chi connectivity index (χ2v) is 19.8. The number of ether oxygens (including phenoxy) is 1. The molecule has 0 spiro atoms. The Balaban J connectivity index is 1.40. The summed E-state index contributed by atoms with van der Waals surface area (Å²) in [6.45, 7) is 19.3. The minimum absolute atomic E-state index is 0.315. The van der Waals surface area contributed by atoms with Crippen molar-refractivity contribution < 1.29 is 4.74 Å². The first-order valence-electron chi connectivity index (χ1n) is 15.9. The predicted molar refractivity (Wildman–Crippen MR) is 180 cm³/mol. The fourth-order valence-corrected chi connectivity index (χ4v) is 6.92. The number of hydrogen-bond acceptors (Lipinski definition) is 9. The highest BCUT2D eigenvalue weighted by molar-refractivity contribution is 7.15. The number of rotatable bonds is 15. The van der Waals surface area contributed by atoms with E-state index in [1.54, 1.807) is 11.3 Å². The Bertz CT molecular complexity index is 1470. The Morgan fingerprint density at radius 2 is 1.88 bits per heavy atom. The number of pyridine rings is 2. The fourth-order valence-electron chi connectivity index (χ4n) is 5.32. The Labute approximate surface area is 261 Å². The molecule has 5 rings (SSSR count). The van der Waals surface area contributed by atoms with Crippen LogP contribution in [0.3, 0.4) is 0 Å². The number of likely N-dealkylation sites (tertiary alicyclic amines) is 1. The lowest BCUT2D eigenvalue weighted by molar-refractivity contribution is 0.153. The number of aromatic nitrogens is 6. The molecule has 232 valence electrons. The predicted octanol–water partition coefficient (Wildman–Crippen LogP) is 7.36. The summed E-state index contributed by atoms with van der Waals surface area (Å²) in [6.07, 6.45) is 9.94. The third kappa shape index (κ3) is 8.46. The molecule has 0 unspecified atom stereocenters. The highest BCUT2D eigenvalue weighted by atomic mass is 32.1. The van der Waals surface area contributed by atoms with Gasteiger partial charge < -0.3 is 9.64 Å². The van der Waals surface area contributed by atoms with Gasteiger partial charge in [-0.2, -0.15) is 5.10 Å². The number of nitrogens with zero attached hydrogens (tertiary/aromatic N) is 8. The number of fused-ring (bicyclic) bond motifs is 1. The van der Waals surface area contributed by atoms with Crippen molar-refractivity contribution in [3.05, 3.63) is 41.3 Å². The number of anilines is 2. The standard InChI is InChI=1S/C32H48N8OSSi/c1-7-11-27-26(22-39(37-27)17-10-16-38-14-8-9-15-38)25-20-29-28(33-21-25)12-13-30(34-29)40(23-41-18-19-43(4,5)6)32-36-35-31(42-32)24(2)3/h12-13,20-22,24H,7-11,14-19,23H2,1-6H3. The van der Waals surface area contributed by atoms with Crippen LogP contribution < -0.4 is 4.90 Å². The smallest absolute Gasteiger partial charge is 0.215 e. The summed E-state index contributed by atoms with van der Waals surface area (Å²) >= 11 is 1.60. The SMILES string of the molecule is CCCc1nn(CCCN2CCCC2)cc1-c1cnc2ccc(N(COCC[Si](C)(C)C)c3nnc(C(C)C)s3)nc2c1. The summed E-state index contributed by atoms with van der Waals surface area (Å²) in [5.41, 5.74) is 5.06. The zero-order valence-corrected chi connectivity index (χ0v) is 28.7. The molecule has 1 saturated heterocycles. The molecule has 1 fully saturated rings. The van der Waals surface area contributed by atoms with Crippen LogP contribution in [-0.4, -0.2) is 75.9 Å². The van der Waals surface area contributed by atoms with Gasteiger partial charge in [0.2, 0.25) is 5.13 Å². The average molecular weight is 621 g/mol. The molecule has 1 aliphatic rings. The van der Waals surface area contributed by atoms with Gasteiger partial charge in [-0.15, -0.1) is 10.2 Å². The molecule has 9 nitrogen and oxygen atoms in total. The van der Waals surface area contributed by atoms with Gasteiger partial charge in [-0.1, -0.05) is 58.2 Å². The molecule has 0 radical (unpaired) electrons. The van der Waals surface area contributed by atoms with Crippen molar-refractivity contribution in [3.63, 3.8) is 0 Å². The van der Waals surface area contributed by atoms with Crippen LogP contribution in [-0.2, 0) is 17.7 Å². The van der Waals surface area contributed by atoms with Crippen LogP contribution in [0.15, 0.2) is 30.6 Å². The largest absolute Gasteiger partial charge is 0.361 e. The quantitative estimate of drug-likeness (QED) is 0.0775. The summed E-state index contributed by atoms with van der Waals surface area (Å²) in [5, 5.41) is 15.8. The van der Waals surface area contributed by atoms with Crippen molar-refractivity contribution in [2.75, 3.05) is 37.9 Å². The normalized spacial score (nSPS) is 14.4. The Hall–Kier alpha value is -2.73. The molecule has 0 amide bonds. The van der Waals surface area contributed by atoms with Crippen molar-refractivity contribution in [2.24, 2.45) is 0 Å². The minimum atomic E-state index is -1.20. The molecule has 11 heteroatoms. The van der Waals surface area contributed by atoms with Crippen molar-refractivity contribution >= 4 is 41.4 Å². The minimum Gasteiger partial charge on any atom is -0.361 e. The topological polar surface area (TPSA) is 85.1 Å². The third-order valence-electron chi connectivity index (χ3n) is 7.87. The van der Waals surface area contributed by atoms with Crippen LogP contribution in [0, 0.1) is 0 Å². The van der Waals surface area contributed by atoms with Crippen molar-refractivity contribution in [1.29, 1.82) is 0 Å². The molecule has 1 aliphatic heterocycles. The highest BCUT2D eigenvalue weighted by Gasteiger charge is 2.20. The van der Waals surface area contributed by atoms with Crippen molar-refractivity contribution in [3.8, 4) is 11.1 Å². The van der Waals surface area contributed by atoms with Crippen LogP contribution in [0.25, 0.3) is 22.2 Å². The summed E-state index contributed by atoms with van der Waals surface area (Å²) in [5.74, 6) is 1.10. The third-order valence-corrected chi connectivity index (χ3v) is 10.8. The van der Waals surface area contributed by atoms with E-state index < -0.39 is 8.07 Å². The van der Waals surface area contributed by atoms with E-state index in [9.17, 15) is 0 Å². The molecule has 0 aliphatic carbocycles. The molecule has 0 bridgehead atoms. The molecule has 5 heterocycles. The Kier molecular flexibility index (Phi) is 10.6. The lowest BCUT2D eigenvalue weighted by atomic mass is 10.1. The molecule has 4 aromatic rings. The Morgan fingerprint density at radius 1 is 1.07 bits per heavy atom. The molecule has 0 atom stereocenters. The summed E-state index contributed by atoms with van der Waals surface area (Å²) in [4.78, 5) is 14.5. The van der Waals surface area contributed by atoms with Crippen LogP contribution in [0.4, 0.5) is 10.9 Å². The summed E-state index contributed by atoms with van der Waals surface area (Å²) in [7, 11) is -1.20. The lowest BCUT2D eigenvalue weighted by Gasteiger charge is -2.22. The van der Waals surface area contributed by atoms with Gasteiger partial charge >= 0.3 is 0 Å². The van der Waals surface area contributed by atoms with Crippen molar-refractivity contribution in [2.45, 2.75) is 91.0 Å². The van der Waals surface area contributed by atoms with Crippen LogP contribution in [0.1, 0.15) is 63.1 Å². The van der Waals surface area contributed by atoms with E-state index in [0.717, 1.165) is 88.8 Å². The van der Waals surface area contributed by atoms with Gasteiger partial charge in [-0.05, 0) is 69.6 Å². The zero-order chi connectivity index (χ0) is 30.4. The molecule has 0 saturated carbocycles. The monoisotopic (exact) mass is 620 g/mol. The number of aryl methyl sites for hydroxylation is 2. The van der Waals surface area contributed by atoms with E-state index >= 15 is 0 Å². The fraction of sp³-hybridized carbons (Fsp3) is 0.594. The van der Waals surface area contributed by atoms with E-state index in [1.165, 1.54) is 25.9 Å². The van der Waals surface area contributed by atoms with Gasteiger partial charge in [-0.3, -0.25) is 14.6 Å². The van der Waals surface area contributed by atoms with Gasteiger partial charge in [-0.25, -0.2) is 4.98 Å². The summed E-state index contributed by atoms with van der Waals surface area (Å²) < 4.78 is 8.33. The molecular weight excluding hydrogens is 573 g/mol. The van der Waals surface area contributed by atoms with Gasteiger partial charge in [0, 0.05) is 50.7 Å². The van der Waals surface area contributed by atoms with E-state index in [4.69, 9.17) is 19.8 Å². The van der Waals surface area contributed by atoms with Crippen molar-refractivity contribution in [1.82, 2.24) is 34.8 Å². The van der Waals surface area contributed by atoms with E-state index in [0.29, 0.717) is 12.6 Å². The average Bonchev–Trinajstić information content (AvgIpc) is 3.74. The molecule has 0 aromatic carbocycles. The molecule has 43 heavy (non-hydrogen) atoms. The van der Waals surface area contributed by atoms with E-state index in [2.05, 4.69) is 72.5 Å². The van der Waals surface area contributed by atoms with Crippen LogP contribution in [0.5, 0.6) is 0 Å².